The fourth-order valence-corrected chi connectivity index (χ4v) is 2.97. The highest BCUT2D eigenvalue weighted by molar-refractivity contribution is 5.91. The normalized spacial score (nSPS) is 19.9. The number of hydrogen-bond donors (Lipinski definition) is 1. The molecule has 0 saturated heterocycles. The maximum Gasteiger partial charge on any atom is 0.224 e. The van der Waals surface area contributed by atoms with Crippen LogP contribution in [0.15, 0.2) is 36.4 Å². The molecular weight excluding hydrogens is 290 g/mol. The van der Waals surface area contributed by atoms with Gasteiger partial charge in [0.2, 0.25) is 5.91 Å². The molecule has 2 aliphatic rings. The van der Waals surface area contributed by atoms with Crippen molar-refractivity contribution in [2.24, 2.45) is 5.92 Å². The molecule has 1 N–H and O–H groups in total. The molecule has 0 radical (unpaired) electrons. The Morgan fingerprint density at radius 3 is 2.74 bits per heavy atom. The Kier molecular flexibility index (Phi) is 3.65. The van der Waals surface area contributed by atoms with Crippen molar-refractivity contribution in [1.82, 2.24) is 20.2 Å². The van der Waals surface area contributed by atoms with Crippen LogP contribution in [0.4, 0.5) is 5.69 Å². The fraction of sp³-hybridized carbons (Fsp3) is 0.412. The van der Waals surface area contributed by atoms with Gasteiger partial charge in [0.25, 0.3) is 0 Å². The van der Waals surface area contributed by atoms with Crippen molar-refractivity contribution < 1.29 is 4.79 Å². The SMILES string of the molecule is O=C(CC1C=CCC1)Nc1ccc(-c2nnnn2C2CC2)cc1. The molecule has 23 heavy (non-hydrogen) atoms. The highest BCUT2D eigenvalue weighted by Crippen LogP contribution is 2.36. The second-order valence-electron chi connectivity index (χ2n) is 6.27. The van der Waals surface area contributed by atoms with Gasteiger partial charge in [-0.15, -0.1) is 5.10 Å². The number of anilines is 1. The second kappa shape index (κ2) is 5.95. The number of carbonyl (C=O) groups is 1. The quantitative estimate of drug-likeness (QED) is 0.862. The molecule has 1 fully saturated rings. The fourth-order valence-electron chi connectivity index (χ4n) is 2.97. The van der Waals surface area contributed by atoms with E-state index >= 15 is 0 Å². The molecule has 2 aromatic rings. The molecule has 2 aliphatic carbocycles. The Morgan fingerprint density at radius 2 is 2.04 bits per heavy atom. The Morgan fingerprint density at radius 1 is 1.22 bits per heavy atom. The Bertz CT molecular complexity index is 730. The summed E-state index contributed by atoms with van der Waals surface area (Å²) in [5.41, 5.74) is 1.78. The van der Waals surface area contributed by atoms with Crippen molar-refractivity contribution in [3.05, 3.63) is 36.4 Å². The van der Waals surface area contributed by atoms with E-state index < -0.39 is 0 Å². The molecule has 6 heteroatoms. The summed E-state index contributed by atoms with van der Waals surface area (Å²) in [5.74, 6) is 1.25. The lowest BCUT2D eigenvalue weighted by molar-refractivity contribution is -0.116. The van der Waals surface area contributed by atoms with Gasteiger partial charge in [-0.1, -0.05) is 12.2 Å². The summed E-state index contributed by atoms with van der Waals surface area (Å²) in [6.45, 7) is 0. The molecule has 1 unspecified atom stereocenters. The molecule has 0 spiro atoms. The molecule has 1 atom stereocenters. The van der Waals surface area contributed by atoms with E-state index in [0.717, 1.165) is 42.8 Å². The first-order valence-electron chi connectivity index (χ1n) is 8.14. The van der Waals surface area contributed by atoms with Gasteiger partial charge in [-0.25, -0.2) is 4.68 Å². The van der Waals surface area contributed by atoms with Crippen LogP contribution in [0, 0.1) is 5.92 Å². The van der Waals surface area contributed by atoms with Gasteiger partial charge >= 0.3 is 0 Å². The number of allylic oxidation sites excluding steroid dienone is 2. The molecule has 0 bridgehead atoms. The summed E-state index contributed by atoms with van der Waals surface area (Å²) in [5, 5.41) is 14.9. The summed E-state index contributed by atoms with van der Waals surface area (Å²) in [4.78, 5) is 12.1. The van der Waals surface area contributed by atoms with E-state index in [-0.39, 0.29) is 5.91 Å². The van der Waals surface area contributed by atoms with Gasteiger partial charge in [0.05, 0.1) is 6.04 Å². The molecule has 1 aromatic carbocycles. The van der Waals surface area contributed by atoms with Crippen LogP contribution in [-0.2, 0) is 4.79 Å². The number of rotatable bonds is 5. The minimum atomic E-state index is 0.0668. The van der Waals surface area contributed by atoms with Crippen LogP contribution in [0.25, 0.3) is 11.4 Å². The van der Waals surface area contributed by atoms with E-state index in [2.05, 4.69) is 33.0 Å². The van der Waals surface area contributed by atoms with Gasteiger partial charge in [-0.3, -0.25) is 4.79 Å². The van der Waals surface area contributed by atoms with E-state index in [4.69, 9.17) is 0 Å². The number of amides is 1. The smallest absolute Gasteiger partial charge is 0.224 e. The third-order valence-corrected chi connectivity index (χ3v) is 4.37. The van der Waals surface area contributed by atoms with Crippen LogP contribution in [0.2, 0.25) is 0 Å². The number of benzene rings is 1. The van der Waals surface area contributed by atoms with Gasteiger partial charge in [0, 0.05) is 17.7 Å². The van der Waals surface area contributed by atoms with Crippen molar-refractivity contribution in [2.75, 3.05) is 5.32 Å². The molecule has 1 amide bonds. The van der Waals surface area contributed by atoms with Crippen molar-refractivity contribution >= 4 is 11.6 Å². The molecule has 1 saturated carbocycles. The summed E-state index contributed by atoms with van der Waals surface area (Å²) >= 11 is 0. The highest BCUT2D eigenvalue weighted by atomic mass is 16.1. The monoisotopic (exact) mass is 309 g/mol. The number of nitrogens with zero attached hydrogens (tertiary/aromatic N) is 4. The first-order chi connectivity index (χ1) is 11.3. The average molecular weight is 309 g/mol. The largest absolute Gasteiger partial charge is 0.326 e. The molecule has 6 nitrogen and oxygen atoms in total. The van der Waals surface area contributed by atoms with E-state index in [1.165, 1.54) is 0 Å². The predicted octanol–water partition coefficient (Wildman–Crippen LogP) is 2.97. The summed E-state index contributed by atoms with van der Waals surface area (Å²) < 4.78 is 1.89. The van der Waals surface area contributed by atoms with E-state index in [9.17, 15) is 4.79 Å². The lowest BCUT2D eigenvalue weighted by Gasteiger charge is -2.09. The van der Waals surface area contributed by atoms with Crippen LogP contribution >= 0.6 is 0 Å². The average Bonchev–Trinajstić information content (AvgIpc) is 3.07. The molecule has 118 valence electrons. The Balaban J connectivity index is 1.42. The second-order valence-corrected chi connectivity index (χ2v) is 6.27. The first kappa shape index (κ1) is 14.1. The standard InChI is InChI=1S/C17H19N5O/c23-16(11-12-3-1-2-4-12)18-14-7-5-13(6-8-14)17-19-20-21-22(17)15-9-10-15/h1,3,5-8,12,15H,2,4,9-11H2,(H,18,23). The molecular formula is C17H19N5O. The van der Waals surface area contributed by atoms with Crippen molar-refractivity contribution in [3.63, 3.8) is 0 Å². The van der Waals surface area contributed by atoms with Gasteiger partial charge in [-0.2, -0.15) is 0 Å². The molecule has 1 heterocycles. The van der Waals surface area contributed by atoms with Gasteiger partial charge in [-0.05, 0) is 66.3 Å². The van der Waals surface area contributed by atoms with Crippen molar-refractivity contribution in [1.29, 1.82) is 0 Å². The number of carbonyl (C=O) groups excluding carboxylic acids is 1. The van der Waals surface area contributed by atoms with Crippen LogP contribution < -0.4 is 5.32 Å². The van der Waals surface area contributed by atoms with Crippen molar-refractivity contribution in [3.8, 4) is 11.4 Å². The van der Waals surface area contributed by atoms with Crippen LogP contribution in [0.1, 0.15) is 38.1 Å². The highest BCUT2D eigenvalue weighted by Gasteiger charge is 2.28. The predicted molar refractivity (Wildman–Crippen MR) is 86.6 cm³/mol. The number of tetrazole rings is 1. The minimum absolute atomic E-state index is 0.0668. The Hall–Kier alpha value is -2.50. The summed E-state index contributed by atoms with van der Waals surface area (Å²) in [7, 11) is 0. The van der Waals surface area contributed by atoms with Crippen LogP contribution in [0.3, 0.4) is 0 Å². The Labute approximate surface area is 134 Å². The first-order valence-corrected chi connectivity index (χ1v) is 8.14. The lowest BCUT2D eigenvalue weighted by Crippen LogP contribution is -2.14. The third-order valence-electron chi connectivity index (χ3n) is 4.37. The number of hydrogen-bond acceptors (Lipinski definition) is 4. The van der Waals surface area contributed by atoms with E-state index in [1.54, 1.807) is 0 Å². The maximum atomic E-state index is 12.1. The van der Waals surface area contributed by atoms with E-state index in [1.807, 2.05) is 28.9 Å². The van der Waals surface area contributed by atoms with Crippen LogP contribution in [-0.4, -0.2) is 26.1 Å². The summed E-state index contributed by atoms with van der Waals surface area (Å²) in [6.07, 6.45) is 9.29. The van der Waals surface area contributed by atoms with E-state index in [0.29, 0.717) is 18.4 Å². The topological polar surface area (TPSA) is 72.7 Å². The van der Waals surface area contributed by atoms with Crippen LogP contribution in [0.5, 0.6) is 0 Å². The number of aromatic nitrogens is 4. The molecule has 4 rings (SSSR count). The number of nitrogens with one attached hydrogen (secondary N) is 1. The zero-order valence-corrected chi connectivity index (χ0v) is 12.9. The zero-order chi connectivity index (χ0) is 15.6. The summed E-state index contributed by atoms with van der Waals surface area (Å²) in [6, 6.07) is 8.16. The van der Waals surface area contributed by atoms with Crippen molar-refractivity contribution in [2.45, 2.75) is 38.1 Å². The van der Waals surface area contributed by atoms with Gasteiger partial charge < -0.3 is 5.32 Å². The molecule has 0 aliphatic heterocycles. The minimum Gasteiger partial charge on any atom is -0.326 e. The maximum absolute atomic E-state index is 12.1. The van der Waals surface area contributed by atoms with Gasteiger partial charge in [0.1, 0.15) is 0 Å². The zero-order valence-electron chi connectivity index (χ0n) is 12.9. The molecule has 1 aromatic heterocycles. The van der Waals surface area contributed by atoms with Gasteiger partial charge in [0.15, 0.2) is 5.82 Å². The lowest BCUT2D eigenvalue weighted by atomic mass is 10.0. The third kappa shape index (κ3) is 3.16.